The van der Waals surface area contributed by atoms with Crippen LogP contribution >= 0.6 is 0 Å². The average molecular weight is 854 g/mol. The molecule has 288 valence electrons. The molecular formula is C44H70Cl2O2Si2Ti2. The van der Waals surface area contributed by atoms with Crippen molar-refractivity contribution in [3.8, 4) is 0 Å². The van der Waals surface area contributed by atoms with E-state index in [4.69, 9.17) is 9.47 Å². The molecule has 0 saturated heterocycles. The van der Waals surface area contributed by atoms with Crippen LogP contribution in [0.15, 0.2) is 81.3 Å². The zero-order chi connectivity index (χ0) is 36.8. The van der Waals surface area contributed by atoms with Crippen molar-refractivity contribution in [2.45, 2.75) is 170 Å². The van der Waals surface area contributed by atoms with Crippen LogP contribution in [0.25, 0.3) is 0 Å². The molecule has 8 heteroatoms. The van der Waals surface area contributed by atoms with Gasteiger partial charge in [0.05, 0.1) is 37.8 Å². The standard InChI is InChI=1S/2C22H35OSi.2ClH.2Ti/c2*1-17-14-15-22(23-21(5,6)7,19(16-17)20(2,3)4)24(8,9)18-12-10-11-13-18;;;;/h2*10,12,14,16H,11,15H2,1-9H3;2*1H;;/q2*-1;;;2*+2/p-2. The Balaban J connectivity index is 0. The molecule has 0 aromatic rings. The zero-order valence-electron chi connectivity index (χ0n) is 36.0. The van der Waals surface area contributed by atoms with E-state index in [9.17, 15) is 0 Å². The predicted molar refractivity (Wildman–Crippen MR) is 215 cm³/mol. The minimum atomic E-state index is -1.95. The fourth-order valence-electron chi connectivity index (χ4n) is 8.06. The van der Waals surface area contributed by atoms with Gasteiger partial charge in [0, 0.05) is 0 Å². The molecule has 0 bridgehead atoms. The Bertz CT molecular complexity index is 1370. The molecule has 0 aromatic carbocycles. The second kappa shape index (κ2) is 19.2. The van der Waals surface area contributed by atoms with Gasteiger partial charge in [0.1, 0.15) is 0 Å². The fourth-order valence-corrected chi connectivity index (χ4v) is 15.7. The first-order valence-electron chi connectivity index (χ1n) is 18.3. The average Bonchev–Trinajstić information content (AvgIpc) is 3.64. The van der Waals surface area contributed by atoms with Crippen molar-refractivity contribution in [2.24, 2.45) is 10.8 Å². The molecule has 4 aliphatic carbocycles. The van der Waals surface area contributed by atoms with Crippen molar-refractivity contribution in [1.29, 1.82) is 0 Å². The molecule has 0 radical (unpaired) electrons. The molecule has 2 unspecified atom stereocenters. The van der Waals surface area contributed by atoms with Gasteiger partial charge in [0.25, 0.3) is 0 Å². The van der Waals surface area contributed by atoms with Gasteiger partial charge in [-0.3, -0.25) is 12.2 Å². The SMILES string of the molecule is CC1=CCC(OC(C)(C)C)([Si](C)(C)C2=[C-]CC=C2)C(C(C)(C)C)=C1.CC1=CCC(OC(C)(C)C)([Si](C)(C)C2=[C-]CC=C2)C(C(C)(C)C)=C1.[Cl-].[Cl-].[Ti+2].[Ti+2]. The molecule has 4 aliphatic rings. The molecule has 4 rings (SSSR count). The summed E-state index contributed by atoms with van der Waals surface area (Å²) in [5.41, 5.74) is 5.41. The van der Waals surface area contributed by atoms with Crippen molar-refractivity contribution < 1.29 is 77.7 Å². The third-order valence-corrected chi connectivity index (χ3v) is 18.9. The van der Waals surface area contributed by atoms with Crippen LogP contribution in [0.4, 0.5) is 0 Å². The molecule has 0 heterocycles. The monoisotopic (exact) mass is 852 g/mol. The van der Waals surface area contributed by atoms with Gasteiger partial charge in [-0.25, -0.2) is 22.5 Å². The minimum absolute atomic E-state index is 0. The van der Waals surface area contributed by atoms with Crippen LogP contribution in [-0.4, -0.2) is 37.8 Å². The Morgan fingerprint density at radius 3 is 1.06 bits per heavy atom. The quantitative estimate of drug-likeness (QED) is 0.220. The summed E-state index contributed by atoms with van der Waals surface area (Å²) in [6.07, 6.45) is 29.7. The molecule has 0 N–H and O–H groups in total. The summed E-state index contributed by atoms with van der Waals surface area (Å²) >= 11 is 0. The molecule has 2 nitrogen and oxygen atoms in total. The third-order valence-electron chi connectivity index (χ3n) is 10.4. The van der Waals surface area contributed by atoms with E-state index in [1.807, 2.05) is 0 Å². The first-order valence-corrected chi connectivity index (χ1v) is 24.3. The predicted octanol–water partition coefficient (Wildman–Crippen LogP) is 6.68. The van der Waals surface area contributed by atoms with Crippen LogP contribution in [0.5, 0.6) is 0 Å². The van der Waals surface area contributed by atoms with Crippen LogP contribution in [0.1, 0.15) is 123 Å². The van der Waals surface area contributed by atoms with Gasteiger partial charge in [-0.1, -0.05) is 103 Å². The van der Waals surface area contributed by atoms with Crippen LogP contribution in [0.3, 0.4) is 0 Å². The zero-order valence-corrected chi connectivity index (χ0v) is 42.7. The molecule has 0 aromatic heterocycles. The van der Waals surface area contributed by atoms with E-state index < -0.39 is 16.1 Å². The Kier molecular flexibility index (Phi) is 20.0. The second-order valence-electron chi connectivity index (χ2n) is 19.6. The van der Waals surface area contributed by atoms with Crippen LogP contribution in [-0.2, 0) is 52.9 Å². The van der Waals surface area contributed by atoms with E-state index >= 15 is 0 Å². The van der Waals surface area contributed by atoms with Crippen molar-refractivity contribution >= 4 is 16.1 Å². The Labute approximate surface area is 365 Å². The fraction of sp³-hybridized carbons (Fsp3) is 0.636. The van der Waals surface area contributed by atoms with Crippen LogP contribution in [0.2, 0.25) is 26.2 Å². The van der Waals surface area contributed by atoms with Crippen molar-refractivity contribution in [2.75, 3.05) is 0 Å². The van der Waals surface area contributed by atoms with E-state index in [-0.39, 0.29) is 101 Å². The van der Waals surface area contributed by atoms with E-state index in [0.29, 0.717) is 0 Å². The maximum Gasteiger partial charge on any atom is 2.00 e. The Morgan fingerprint density at radius 1 is 0.558 bits per heavy atom. The van der Waals surface area contributed by atoms with Gasteiger partial charge in [-0.15, -0.1) is 12.8 Å². The molecule has 0 spiro atoms. The summed E-state index contributed by atoms with van der Waals surface area (Å²) in [5.74, 6) is 0. The normalized spacial score (nSPS) is 23.5. The Hall–Kier alpha value is 0.282. The molecule has 0 saturated carbocycles. The maximum absolute atomic E-state index is 6.99. The topological polar surface area (TPSA) is 18.5 Å². The summed E-state index contributed by atoms with van der Waals surface area (Å²) in [5, 5.41) is 2.38. The summed E-state index contributed by atoms with van der Waals surface area (Å²) in [6.45, 7) is 41.3. The van der Waals surface area contributed by atoms with E-state index in [1.165, 1.54) is 32.7 Å². The van der Waals surface area contributed by atoms with Gasteiger partial charge in [-0.05, 0) is 90.2 Å². The van der Waals surface area contributed by atoms with Crippen molar-refractivity contribution in [3.63, 3.8) is 0 Å². The number of halogens is 2. The molecule has 0 amide bonds. The summed E-state index contributed by atoms with van der Waals surface area (Å²) in [6, 6.07) is 0. The van der Waals surface area contributed by atoms with Crippen LogP contribution < -0.4 is 24.8 Å². The Morgan fingerprint density at radius 2 is 0.846 bits per heavy atom. The van der Waals surface area contributed by atoms with E-state index in [1.54, 1.807) is 0 Å². The number of allylic oxidation sites excluding steroid dienone is 12. The molecule has 0 fully saturated rings. The summed E-state index contributed by atoms with van der Waals surface area (Å²) in [4.78, 5) is 0. The molecule has 2 atom stereocenters. The van der Waals surface area contributed by atoms with E-state index in [2.05, 4.69) is 184 Å². The molecular weight excluding hydrogens is 783 g/mol. The number of rotatable bonds is 6. The summed E-state index contributed by atoms with van der Waals surface area (Å²) < 4.78 is 14.0. The molecule has 52 heavy (non-hydrogen) atoms. The first-order chi connectivity index (χ1) is 21.6. The first kappa shape index (κ1) is 54.4. The van der Waals surface area contributed by atoms with Crippen LogP contribution in [0, 0.1) is 23.0 Å². The largest absolute Gasteiger partial charge is 2.00 e. The van der Waals surface area contributed by atoms with E-state index in [0.717, 1.165) is 25.7 Å². The number of hydrogen-bond acceptors (Lipinski definition) is 2. The minimum Gasteiger partial charge on any atom is -1.00 e. The number of ether oxygens (including phenoxy) is 2. The molecule has 0 aliphatic heterocycles. The summed E-state index contributed by atoms with van der Waals surface area (Å²) in [7, 11) is -3.90. The maximum atomic E-state index is 6.99. The van der Waals surface area contributed by atoms with Gasteiger partial charge in [0.2, 0.25) is 0 Å². The van der Waals surface area contributed by atoms with Gasteiger partial charge < -0.3 is 34.3 Å². The second-order valence-corrected chi connectivity index (χ2v) is 28.8. The smallest absolute Gasteiger partial charge is 1.00 e. The van der Waals surface area contributed by atoms with Gasteiger partial charge in [-0.2, -0.15) is 12.2 Å². The van der Waals surface area contributed by atoms with Gasteiger partial charge >= 0.3 is 43.4 Å². The third kappa shape index (κ3) is 12.1. The van der Waals surface area contributed by atoms with Crippen molar-refractivity contribution in [1.82, 2.24) is 0 Å². The van der Waals surface area contributed by atoms with Gasteiger partial charge in [0.15, 0.2) is 0 Å². The van der Waals surface area contributed by atoms with Crippen molar-refractivity contribution in [3.05, 3.63) is 93.4 Å². The number of hydrogen-bond donors (Lipinski definition) is 0.